The Bertz CT molecular complexity index is 1300. The third-order valence-corrected chi connectivity index (χ3v) is 5.94. The maximum atomic E-state index is 12.9. The van der Waals surface area contributed by atoms with Crippen molar-refractivity contribution in [3.8, 4) is 11.3 Å². The zero-order chi connectivity index (χ0) is 26.7. The van der Waals surface area contributed by atoms with Crippen molar-refractivity contribution in [3.05, 3.63) is 59.7 Å². The molecule has 11 nitrogen and oxygen atoms in total. The summed E-state index contributed by atoms with van der Waals surface area (Å²) in [5, 5.41) is 10.3. The van der Waals surface area contributed by atoms with Crippen molar-refractivity contribution >= 4 is 23.6 Å². The number of Topliss-reactive ketones (excluding diaryl/α,β-unsaturated/α-hetero) is 1. The first-order chi connectivity index (χ1) is 17.5. The molecule has 1 aliphatic rings. The van der Waals surface area contributed by atoms with Crippen LogP contribution in [0, 0.1) is 0 Å². The number of nitrogens with zero attached hydrogens (tertiary/aromatic N) is 5. The summed E-state index contributed by atoms with van der Waals surface area (Å²) < 4.78 is 6.89. The number of hydrogen-bond acceptors (Lipinski definition) is 8. The molecule has 0 spiro atoms. The number of benzene rings is 1. The number of ether oxygens (including phenoxy) is 1. The number of amides is 2. The number of nitrogens with one attached hydrogen (secondary N) is 1. The Morgan fingerprint density at radius 2 is 1.84 bits per heavy atom. The van der Waals surface area contributed by atoms with Crippen LogP contribution in [0.3, 0.4) is 0 Å². The number of carbonyl (C=O) groups excluding carboxylic acids is 3. The van der Waals surface area contributed by atoms with Gasteiger partial charge in [-0.15, -0.1) is 5.10 Å². The zero-order valence-electron chi connectivity index (χ0n) is 21.4. The molecule has 0 radical (unpaired) electrons. The van der Waals surface area contributed by atoms with Crippen LogP contribution in [0.4, 0.5) is 10.6 Å². The molecule has 4 rings (SSSR count). The van der Waals surface area contributed by atoms with Gasteiger partial charge in [-0.25, -0.2) is 14.5 Å². The van der Waals surface area contributed by atoms with Gasteiger partial charge in [0.1, 0.15) is 17.0 Å². The van der Waals surface area contributed by atoms with Gasteiger partial charge < -0.3 is 15.9 Å². The summed E-state index contributed by atoms with van der Waals surface area (Å²) in [6, 6.07) is 9.55. The van der Waals surface area contributed by atoms with E-state index in [1.54, 1.807) is 41.3 Å². The van der Waals surface area contributed by atoms with Crippen LogP contribution in [0.5, 0.6) is 0 Å². The maximum Gasteiger partial charge on any atom is 0.410 e. The van der Waals surface area contributed by atoms with Crippen LogP contribution in [0.25, 0.3) is 11.3 Å². The molecule has 194 valence electrons. The Balaban J connectivity index is 1.64. The molecule has 0 saturated carbocycles. The Morgan fingerprint density at radius 1 is 1.11 bits per heavy atom. The van der Waals surface area contributed by atoms with Gasteiger partial charge >= 0.3 is 6.09 Å². The van der Waals surface area contributed by atoms with Crippen molar-refractivity contribution in [1.29, 1.82) is 0 Å². The van der Waals surface area contributed by atoms with E-state index in [9.17, 15) is 14.4 Å². The molecule has 1 atom stereocenters. The van der Waals surface area contributed by atoms with Crippen LogP contribution >= 0.6 is 0 Å². The molecule has 3 heterocycles. The number of anilines is 1. The highest BCUT2D eigenvalue weighted by Gasteiger charge is 2.36. The fourth-order valence-electron chi connectivity index (χ4n) is 4.30. The van der Waals surface area contributed by atoms with E-state index in [4.69, 9.17) is 15.6 Å². The van der Waals surface area contributed by atoms with E-state index in [1.807, 2.05) is 20.8 Å². The molecule has 2 aromatic heterocycles. The van der Waals surface area contributed by atoms with E-state index in [0.29, 0.717) is 41.4 Å². The number of piperidine rings is 1. The van der Waals surface area contributed by atoms with Gasteiger partial charge in [0, 0.05) is 30.8 Å². The van der Waals surface area contributed by atoms with E-state index in [2.05, 4.69) is 15.5 Å². The number of likely N-dealkylation sites (tertiary alicyclic amines) is 1. The molecule has 11 heteroatoms. The highest BCUT2D eigenvalue weighted by atomic mass is 16.6. The lowest BCUT2D eigenvalue weighted by Gasteiger charge is -2.36. The van der Waals surface area contributed by atoms with E-state index in [1.165, 1.54) is 17.8 Å². The van der Waals surface area contributed by atoms with E-state index in [0.717, 1.165) is 12.8 Å². The van der Waals surface area contributed by atoms with Crippen molar-refractivity contribution < 1.29 is 19.1 Å². The van der Waals surface area contributed by atoms with Gasteiger partial charge in [0.05, 0.1) is 6.04 Å². The van der Waals surface area contributed by atoms with Crippen LogP contribution in [-0.4, -0.2) is 54.7 Å². The van der Waals surface area contributed by atoms with Gasteiger partial charge in [-0.1, -0.05) is 12.1 Å². The molecule has 0 bridgehead atoms. The summed E-state index contributed by atoms with van der Waals surface area (Å²) in [6.45, 7) is 7.38. The maximum absolute atomic E-state index is 12.9. The summed E-state index contributed by atoms with van der Waals surface area (Å²) >= 11 is 0. The molecular formula is C26H31N7O4. The van der Waals surface area contributed by atoms with E-state index in [-0.39, 0.29) is 17.4 Å². The minimum Gasteiger partial charge on any atom is -0.444 e. The van der Waals surface area contributed by atoms with Gasteiger partial charge in [0.25, 0.3) is 5.91 Å². The fourth-order valence-corrected chi connectivity index (χ4v) is 4.30. The number of imidazole rings is 1. The van der Waals surface area contributed by atoms with Gasteiger partial charge in [-0.3, -0.25) is 14.5 Å². The quantitative estimate of drug-likeness (QED) is 0.391. The molecule has 3 aromatic rings. The first kappa shape index (κ1) is 25.8. The third kappa shape index (κ3) is 5.76. The van der Waals surface area contributed by atoms with Crippen LogP contribution < -0.4 is 11.2 Å². The number of aromatic nitrogens is 4. The molecule has 37 heavy (non-hydrogen) atoms. The summed E-state index contributed by atoms with van der Waals surface area (Å²) in [5.74, 6) is 6.54. The fraction of sp³-hybridized carbons (Fsp3) is 0.385. The number of carbonyl (C=O) groups is 3. The standard InChI is InChI=1S/C26H31N7O4/c1-16(34)22-21(17-10-12-18(13-11-17)24(35)29-20-9-7-14-28-31-20)30-23(33(22)27)19-8-5-6-15-32(19)25(36)37-26(2,3)4/h7,9-14,19H,5-6,8,15,27H2,1-4H3,(H,29,31,35)/t19-/m0/s1. The highest BCUT2D eigenvalue weighted by Crippen LogP contribution is 2.34. The van der Waals surface area contributed by atoms with Crippen LogP contribution in [-0.2, 0) is 4.74 Å². The highest BCUT2D eigenvalue weighted by molar-refractivity contribution is 6.04. The minimum atomic E-state index is -0.645. The zero-order valence-corrected chi connectivity index (χ0v) is 21.4. The Hall–Kier alpha value is -4.28. The molecule has 3 N–H and O–H groups in total. The second-order valence-electron chi connectivity index (χ2n) is 9.92. The molecule has 1 aromatic carbocycles. The molecule has 0 unspecified atom stereocenters. The summed E-state index contributed by atoms with van der Waals surface area (Å²) in [7, 11) is 0. The predicted molar refractivity (Wildman–Crippen MR) is 137 cm³/mol. The second-order valence-corrected chi connectivity index (χ2v) is 9.92. The lowest BCUT2D eigenvalue weighted by Crippen LogP contribution is -2.43. The number of hydrogen-bond donors (Lipinski definition) is 2. The Labute approximate surface area is 215 Å². The van der Waals surface area contributed by atoms with Crippen molar-refractivity contribution in [2.75, 3.05) is 17.7 Å². The monoisotopic (exact) mass is 505 g/mol. The van der Waals surface area contributed by atoms with Crippen molar-refractivity contribution in [2.45, 2.75) is 58.6 Å². The lowest BCUT2D eigenvalue weighted by molar-refractivity contribution is 0.00821. The van der Waals surface area contributed by atoms with Crippen molar-refractivity contribution in [2.24, 2.45) is 0 Å². The number of rotatable bonds is 5. The van der Waals surface area contributed by atoms with Crippen LogP contribution in [0.1, 0.15) is 79.7 Å². The first-order valence-electron chi connectivity index (χ1n) is 12.1. The SMILES string of the molecule is CC(=O)c1c(-c2ccc(C(=O)Nc3cccnn3)cc2)nc([C@@H]2CCCCN2C(=O)OC(C)(C)C)n1N. The molecular weight excluding hydrogens is 474 g/mol. The Morgan fingerprint density at radius 3 is 2.46 bits per heavy atom. The molecule has 2 amide bonds. The molecule has 1 aliphatic heterocycles. The smallest absolute Gasteiger partial charge is 0.410 e. The summed E-state index contributed by atoms with van der Waals surface area (Å²) in [4.78, 5) is 44.5. The first-order valence-corrected chi connectivity index (χ1v) is 12.1. The van der Waals surface area contributed by atoms with Gasteiger partial charge in [-0.05, 0) is 64.3 Å². The minimum absolute atomic E-state index is 0.224. The number of nitrogen functional groups attached to an aromatic ring is 1. The molecule has 0 aliphatic carbocycles. The normalized spacial score (nSPS) is 15.8. The lowest BCUT2D eigenvalue weighted by atomic mass is 10.0. The van der Waals surface area contributed by atoms with E-state index >= 15 is 0 Å². The van der Waals surface area contributed by atoms with Gasteiger partial charge in [-0.2, -0.15) is 5.10 Å². The number of ketones is 1. The largest absolute Gasteiger partial charge is 0.444 e. The molecule has 1 fully saturated rings. The second kappa shape index (κ2) is 10.4. The van der Waals surface area contributed by atoms with Gasteiger partial charge in [0.2, 0.25) is 0 Å². The summed E-state index contributed by atoms with van der Waals surface area (Å²) in [5.41, 5.74) is 0.983. The van der Waals surface area contributed by atoms with E-state index < -0.39 is 17.7 Å². The number of nitrogens with two attached hydrogens (primary N) is 1. The molecule has 1 saturated heterocycles. The average molecular weight is 506 g/mol. The van der Waals surface area contributed by atoms with Crippen LogP contribution in [0.2, 0.25) is 0 Å². The van der Waals surface area contributed by atoms with Crippen molar-refractivity contribution in [1.82, 2.24) is 24.8 Å². The van der Waals surface area contributed by atoms with Gasteiger partial charge in [0.15, 0.2) is 17.4 Å². The van der Waals surface area contributed by atoms with Crippen LogP contribution in [0.15, 0.2) is 42.6 Å². The predicted octanol–water partition coefficient (Wildman–Crippen LogP) is 3.97. The summed E-state index contributed by atoms with van der Waals surface area (Å²) in [6.07, 6.45) is 3.45. The van der Waals surface area contributed by atoms with Crippen molar-refractivity contribution in [3.63, 3.8) is 0 Å². The average Bonchev–Trinajstić information content (AvgIpc) is 3.21. The third-order valence-electron chi connectivity index (χ3n) is 5.94. The topological polar surface area (TPSA) is 145 Å². The Kier molecular flexibility index (Phi) is 7.23.